The maximum Gasteiger partial charge on any atom is 0.123 e. The van der Waals surface area contributed by atoms with Crippen molar-refractivity contribution in [3.8, 4) is 0 Å². The van der Waals surface area contributed by atoms with Gasteiger partial charge in [0.05, 0.1) is 6.04 Å². The van der Waals surface area contributed by atoms with E-state index in [2.05, 4.69) is 46.6 Å². The van der Waals surface area contributed by atoms with E-state index in [1.165, 1.54) is 21.0 Å². The summed E-state index contributed by atoms with van der Waals surface area (Å²) < 4.78 is 15.2. The average Bonchev–Trinajstić information content (AvgIpc) is 2.82. The Morgan fingerprint density at radius 3 is 2.79 bits per heavy atom. The van der Waals surface area contributed by atoms with Crippen LogP contribution in [0.4, 0.5) is 4.39 Å². The molecule has 1 aromatic heterocycles. The summed E-state index contributed by atoms with van der Waals surface area (Å²) in [5, 5.41) is 4.73. The van der Waals surface area contributed by atoms with E-state index < -0.39 is 0 Å². The van der Waals surface area contributed by atoms with Crippen molar-refractivity contribution in [2.24, 2.45) is 0 Å². The molecule has 1 saturated heterocycles. The molecule has 24 heavy (non-hydrogen) atoms. The predicted octanol–water partition coefficient (Wildman–Crippen LogP) is 4.43. The van der Waals surface area contributed by atoms with Gasteiger partial charge in [-0.25, -0.2) is 4.39 Å². The third-order valence-corrected chi connectivity index (χ3v) is 5.79. The molecular formula is C20H21FN2S. The molecule has 0 bridgehead atoms. The summed E-state index contributed by atoms with van der Waals surface area (Å²) in [5.41, 5.74) is 1.04. The Hall–Kier alpha value is -1.75. The average molecular weight is 340 g/mol. The summed E-state index contributed by atoms with van der Waals surface area (Å²) in [4.78, 5) is 3.78. The summed E-state index contributed by atoms with van der Waals surface area (Å²) in [7, 11) is 0. The largest absolute Gasteiger partial charge is 0.315 e. The van der Waals surface area contributed by atoms with E-state index in [0.29, 0.717) is 0 Å². The van der Waals surface area contributed by atoms with Crippen LogP contribution < -0.4 is 5.32 Å². The van der Waals surface area contributed by atoms with E-state index >= 15 is 0 Å². The van der Waals surface area contributed by atoms with Gasteiger partial charge in [0.15, 0.2) is 0 Å². The highest BCUT2D eigenvalue weighted by molar-refractivity contribution is 7.19. The summed E-state index contributed by atoms with van der Waals surface area (Å²) >= 11 is 1.82. The van der Waals surface area contributed by atoms with E-state index in [1.807, 2.05) is 17.4 Å². The van der Waals surface area contributed by atoms with Crippen LogP contribution in [0.5, 0.6) is 0 Å². The minimum Gasteiger partial charge on any atom is -0.315 e. The van der Waals surface area contributed by atoms with Crippen molar-refractivity contribution in [1.82, 2.24) is 10.2 Å². The molecule has 1 fully saturated rings. The Labute approximate surface area is 145 Å². The number of benzene rings is 2. The number of fused-ring (bicyclic) bond motifs is 1. The van der Waals surface area contributed by atoms with Gasteiger partial charge >= 0.3 is 0 Å². The van der Waals surface area contributed by atoms with Gasteiger partial charge in [-0.1, -0.05) is 30.3 Å². The minimum absolute atomic E-state index is 0.123. The first-order valence-electron chi connectivity index (χ1n) is 8.50. The van der Waals surface area contributed by atoms with Crippen LogP contribution in [0.15, 0.2) is 54.6 Å². The summed E-state index contributed by atoms with van der Waals surface area (Å²) in [6.07, 6.45) is 1.12. The van der Waals surface area contributed by atoms with Gasteiger partial charge in [-0.15, -0.1) is 11.3 Å². The predicted molar refractivity (Wildman–Crippen MR) is 99.1 cm³/mol. The summed E-state index contributed by atoms with van der Waals surface area (Å²) in [6, 6.07) is 18.0. The number of nitrogens with zero attached hydrogens (tertiary/aromatic N) is 1. The third kappa shape index (κ3) is 3.22. The molecule has 0 aliphatic carbocycles. The number of thiophene rings is 1. The van der Waals surface area contributed by atoms with Crippen LogP contribution in [0.25, 0.3) is 10.1 Å². The molecule has 2 aromatic carbocycles. The van der Waals surface area contributed by atoms with Gasteiger partial charge in [0.1, 0.15) is 5.82 Å². The van der Waals surface area contributed by atoms with Crippen LogP contribution in [0, 0.1) is 5.82 Å². The van der Waals surface area contributed by atoms with Crippen molar-refractivity contribution in [2.75, 3.05) is 26.2 Å². The van der Waals surface area contributed by atoms with Crippen molar-refractivity contribution in [3.05, 3.63) is 70.9 Å². The van der Waals surface area contributed by atoms with Crippen molar-refractivity contribution >= 4 is 21.4 Å². The van der Waals surface area contributed by atoms with Crippen molar-refractivity contribution in [3.63, 3.8) is 0 Å². The Morgan fingerprint density at radius 2 is 1.92 bits per heavy atom. The maximum absolute atomic E-state index is 13.9. The highest BCUT2D eigenvalue weighted by atomic mass is 32.1. The van der Waals surface area contributed by atoms with Crippen LogP contribution in [0.1, 0.15) is 22.9 Å². The second kappa shape index (κ2) is 7.01. The number of nitrogens with one attached hydrogen (secondary N) is 1. The molecular weight excluding hydrogens is 319 g/mol. The highest BCUT2D eigenvalue weighted by Gasteiger charge is 2.25. The topological polar surface area (TPSA) is 15.3 Å². The van der Waals surface area contributed by atoms with Crippen molar-refractivity contribution in [1.29, 1.82) is 0 Å². The standard InChI is InChI=1S/C20H21FN2S/c21-17-7-3-6-16(13-17)20(23-11-4-9-22-10-12-23)19-14-15-5-1-2-8-18(15)24-19/h1-3,5-8,13-14,20,22H,4,9-12H2. The Morgan fingerprint density at radius 1 is 1.00 bits per heavy atom. The molecule has 1 N–H and O–H groups in total. The molecule has 3 aromatic rings. The first kappa shape index (κ1) is 15.8. The fourth-order valence-electron chi connectivity index (χ4n) is 3.49. The van der Waals surface area contributed by atoms with Crippen LogP contribution in [-0.4, -0.2) is 31.1 Å². The van der Waals surface area contributed by atoms with Gasteiger partial charge in [-0.3, -0.25) is 4.90 Å². The van der Waals surface area contributed by atoms with Gasteiger partial charge in [0.25, 0.3) is 0 Å². The van der Waals surface area contributed by atoms with E-state index in [1.54, 1.807) is 6.07 Å². The molecule has 0 amide bonds. The molecule has 4 rings (SSSR count). The second-order valence-corrected chi connectivity index (χ2v) is 7.40. The monoisotopic (exact) mass is 340 g/mol. The quantitative estimate of drug-likeness (QED) is 0.759. The molecule has 124 valence electrons. The first-order chi connectivity index (χ1) is 11.8. The molecule has 1 atom stereocenters. The molecule has 1 aliphatic rings. The number of rotatable bonds is 3. The molecule has 0 saturated carbocycles. The second-order valence-electron chi connectivity index (χ2n) is 6.28. The van der Waals surface area contributed by atoms with Crippen LogP contribution in [-0.2, 0) is 0 Å². The lowest BCUT2D eigenvalue weighted by Crippen LogP contribution is -2.32. The van der Waals surface area contributed by atoms with Gasteiger partial charge in [0, 0.05) is 29.2 Å². The molecule has 0 spiro atoms. The zero-order valence-electron chi connectivity index (χ0n) is 13.5. The van der Waals surface area contributed by atoms with Gasteiger partial charge in [0.2, 0.25) is 0 Å². The lowest BCUT2D eigenvalue weighted by Gasteiger charge is -2.30. The molecule has 1 unspecified atom stereocenters. The van der Waals surface area contributed by atoms with Crippen LogP contribution in [0.3, 0.4) is 0 Å². The molecule has 0 radical (unpaired) electrons. The zero-order valence-corrected chi connectivity index (χ0v) is 14.4. The van der Waals surface area contributed by atoms with E-state index in [4.69, 9.17) is 0 Å². The fourth-order valence-corrected chi connectivity index (χ4v) is 4.72. The molecule has 2 heterocycles. The SMILES string of the molecule is Fc1cccc(C(c2cc3ccccc3s2)N2CCCNCC2)c1. The number of hydrogen-bond acceptors (Lipinski definition) is 3. The number of hydrogen-bond donors (Lipinski definition) is 1. The summed E-state index contributed by atoms with van der Waals surface area (Å²) in [6.45, 7) is 4.05. The van der Waals surface area contributed by atoms with Crippen LogP contribution in [0.2, 0.25) is 0 Å². The Kier molecular flexibility index (Phi) is 4.60. The van der Waals surface area contributed by atoms with Gasteiger partial charge in [-0.05, 0) is 48.2 Å². The van der Waals surface area contributed by atoms with Crippen LogP contribution >= 0.6 is 11.3 Å². The van der Waals surface area contributed by atoms with E-state index in [9.17, 15) is 4.39 Å². The minimum atomic E-state index is -0.161. The van der Waals surface area contributed by atoms with Crippen molar-refractivity contribution in [2.45, 2.75) is 12.5 Å². The zero-order chi connectivity index (χ0) is 16.4. The lowest BCUT2D eigenvalue weighted by molar-refractivity contribution is 0.243. The first-order valence-corrected chi connectivity index (χ1v) is 9.31. The van der Waals surface area contributed by atoms with Gasteiger partial charge in [-0.2, -0.15) is 0 Å². The number of halogens is 1. The molecule has 4 heteroatoms. The lowest BCUT2D eigenvalue weighted by atomic mass is 10.0. The third-order valence-electron chi connectivity index (χ3n) is 4.62. The molecule has 1 aliphatic heterocycles. The smallest absolute Gasteiger partial charge is 0.123 e. The van der Waals surface area contributed by atoms with E-state index in [0.717, 1.165) is 38.2 Å². The normalized spacial score (nSPS) is 17.7. The van der Waals surface area contributed by atoms with Crippen molar-refractivity contribution < 1.29 is 4.39 Å². The highest BCUT2D eigenvalue weighted by Crippen LogP contribution is 2.37. The van der Waals surface area contributed by atoms with E-state index in [-0.39, 0.29) is 11.9 Å². The molecule has 2 nitrogen and oxygen atoms in total. The Bertz CT molecular complexity index is 788. The Balaban J connectivity index is 1.79. The van der Waals surface area contributed by atoms with Gasteiger partial charge < -0.3 is 5.32 Å². The maximum atomic E-state index is 13.9. The summed E-state index contributed by atoms with van der Waals surface area (Å²) in [5.74, 6) is -0.161. The fraction of sp³-hybridized carbons (Fsp3) is 0.300.